The number of nitrogens with zero attached hydrogens (tertiary/aromatic N) is 2. The third-order valence-electron chi connectivity index (χ3n) is 5.85. The average molecular weight is 418 g/mol. The van der Waals surface area contributed by atoms with Crippen molar-refractivity contribution in [2.24, 2.45) is 0 Å². The summed E-state index contributed by atoms with van der Waals surface area (Å²) in [5.74, 6) is 1.78. The van der Waals surface area contributed by atoms with Crippen LogP contribution in [-0.4, -0.2) is 24.0 Å². The van der Waals surface area contributed by atoms with Gasteiger partial charge in [0, 0.05) is 42.9 Å². The SMILES string of the molecule is CC(C)c1ccc(-c2cnc(CCC(=O)Nc3ccc(N4CCCCC4)cc3)o2)cc1. The molecule has 31 heavy (non-hydrogen) atoms. The molecule has 0 atom stereocenters. The lowest BCUT2D eigenvalue weighted by Crippen LogP contribution is -2.29. The van der Waals surface area contributed by atoms with Gasteiger partial charge in [-0.05, 0) is 55.0 Å². The van der Waals surface area contributed by atoms with Crippen molar-refractivity contribution in [2.75, 3.05) is 23.3 Å². The summed E-state index contributed by atoms with van der Waals surface area (Å²) in [5.41, 5.74) is 4.35. The predicted molar refractivity (Wildman–Crippen MR) is 125 cm³/mol. The summed E-state index contributed by atoms with van der Waals surface area (Å²) >= 11 is 0. The van der Waals surface area contributed by atoms with E-state index < -0.39 is 0 Å². The molecule has 2 heterocycles. The highest BCUT2D eigenvalue weighted by Gasteiger charge is 2.12. The first-order valence-corrected chi connectivity index (χ1v) is 11.3. The second-order valence-electron chi connectivity index (χ2n) is 8.54. The van der Waals surface area contributed by atoms with Gasteiger partial charge in [-0.1, -0.05) is 38.1 Å². The molecule has 5 nitrogen and oxygen atoms in total. The molecule has 3 aromatic rings. The number of amides is 1. The Kier molecular flexibility index (Phi) is 6.70. The molecule has 1 aliphatic rings. The second kappa shape index (κ2) is 9.82. The van der Waals surface area contributed by atoms with Crippen LogP contribution in [0, 0.1) is 0 Å². The Morgan fingerprint density at radius 3 is 2.42 bits per heavy atom. The second-order valence-corrected chi connectivity index (χ2v) is 8.54. The lowest BCUT2D eigenvalue weighted by Gasteiger charge is -2.28. The Hall–Kier alpha value is -3.08. The van der Waals surface area contributed by atoms with E-state index in [2.05, 4.69) is 65.4 Å². The van der Waals surface area contributed by atoms with Crippen LogP contribution in [0.5, 0.6) is 0 Å². The summed E-state index contributed by atoms with van der Waals surface area (Å²) in [7, 11) is 0. The van der Waals surface area contributed by atoms with Gasteiger partial charge in [-0.15, -0.1) is 0 Å². The number of rotatable bonds is 7. The van der Waals surface area contributed by atoms with Gasteiger partial charge in [0.05, 0.1) is 6.20 Å². The molecule has 2 aromatic carbocycles. The molecule has 5 heteroatoms. The minimum atomic E-state index is -0.0354. The zero-order valence-corrected chi connectivity index (χ0v) is 18.4. The van der Waals surface area contributed by atoms with Crippen LogP contribution in [0.2, 0.25) is 0 Å². The summed E-state index contributed by atoms with van der Waals surface area (Å²) in [6, 6.07) is 16.5. The van der Waals surface area contributed by atoms with Crippen molar-refractivity contribution >= 4 is 17.3 Å². The number of benzene rings is 2. The van der Waals surface area contributed by atoms with Crippen LogP contribution >= 0.6 is 0 Å². The first-order chi connectivity index (χ1) is 15.1. The molecule has 1 amide bonds. The van der Waals surface area contributed by atoms with Gasteiger partial charge in [0.1, 0.15) is 0 Å². The lowest BCUT2D eigenvalue weighted by atomic mass is 10.0. The fourth-order valence-electron chi connectivity index (χ4n) is 3.94. The number of hydrogen-bond donors (Lipinski definition) is 1. The fraction of sp³-hybridized carbons (Fsp3) is 0.385. The van der Waals surface area contributed by atoms with Gasteiger partial charge in [0.15, 0.2) is 11.7 Å². The van der Waals surface area contributed by atoms with E-state index in [0.29, 0.717) is 24.7 Å². The van der Waals surface area contributed by atoms with E-state index in [1.54, 1.807) is 6.20 Å². The first kappa shape index (κ1) is 21.2. The molecule has 1 fully saturated rings. The summed E-state index contributed by atoms with van der Waals surface area (Å²) in [4.78, 5) is 19.1. The zero-order valence-electron chi connectivity index (χ0n) is 18.4. The number of piperidine rings is 1. The molecule has 0 spiro atoms. The number of oxazole rings is 1. The number of carbonyl (C=O) groups is 1. The van der Waals surface area contributed by atoms with Gasteiger partial charge in [0.25, 0.3) is 0 Å². The van der Waals surface area contributed by atoms with E-state index in [1.165, 1.54) is 30.5 Å². The van der Waals surface area contributed by atoms with Gasteiger partial charge in [-0.2, -0.15) is 0 Å². The molecular formula is C26H31N3O2. The van der Waals surface area contributed by atoms with E-state index >= 15 is 0 Å². The molecule has 0 radical (unpaired) electrons. The number of hydrogen-bond acceptors (Lipinski definition) is 4. The van der Waals surface area contributed by atoms with Crippen LogP contribution in [0.3, 0.4) is 0 Å². The van der Waals surface area contributed by atoms with Crippen molar-refractivity contribution in [3.05, 3.63) is 66.2 Å². The highest BCUT2D eigenvalue weighted by atomic mass is 16.4. The van der Waals surface area contributed by atoms with E-state index in [9.17, 15) is 4.79 Å². The van der Waals surface area contributed by atoms with E-state index in [1.807, 2.05) is 12.1 Å². The molecule has 1 aliphatic heterocycles. The van der Waals surface area contributed by atoms with Crippen molar-refractivity contribution in [3.8, 4) is 11.3 Å². The zero-order chi connectivity index (χ0) is 21.6. The van der Waals surface area contributed by atoms with Gasteiger partial charge < -0.3 is 14.6 Å². The van der Waals surface area contributed by atoms with Crippen molar-refractivity contribution in [2.45, 2.75) is 51.9 Å². The van der Waals surface area contributed by atoms with Crippen LogP contribution in [-0.2, 0) is 11.2 Å². The van der Waals surface area contributed by atoms with Crippen molar-refractivity contribution in [3.63, 3.8) is 0 Å². The number of aryl methyl sites for hydroxylation is 1. The quantitative estimate of drug-likeness (QED) is 0.510. The lowest BCUT2D eigenvalue weighted by molar-refractivity contribution is -0.116. The number of anilines is 2. The van der Waals surface area contributed by atoms with Crippen LogP contribution in [0.4, 0.5) is 11.4 Å². The maximum atomic E-state index is 12.4. The van der Waals surface area contributed by atoms with Crippen LogP contribution < -0.4 is 10.2 Å². The Morgan fingerprint density at radius 2 is 1.74 bits per heavy atom. The maximum absolute atomic E-state index is 12.4. The van der Waals surface area contributed by atoms with Gasteiger partial charge >= 0.3 is 0 Å². The third-order valence-corrected chi connectivity index (χ3v) is 5.85. The van der Waals surface area contributed by atoms with Crippen LogP contribution in [0.25, 0.3) is 11.3 Å². The van der Waals surface area contributed by atoms with Crippen molar-refractivity contribution in [1.82, 2.24) is 4.98 Å². The maximum Gasteiger partial charge on any atom is 0.224 e. The van der Waals surface area contributed by atoms with Gasteiger partial charge in [-0.25, -0.2) is 4.98 Å². The molecule has 0 bridgehead atoms. The minimum absolute atomic E-state index is 0.0354. The predicted octanol–water partition coefficient (Wildman–Crippen LogP) is 6.03. The number of nitrogens with one attached hydrogen (secondary N) is 1. The Balaban J connectivity index is 1.28. The summed E-state index contributed by atoms with van der Waals surface area (Å²) in [6.07, 6.45) is 6.37. The highest BCUT2D eigenvalue weighted by molar-refractivity contribution is 5.91. The van der Waals surface area contributed by atoms with Crippen LogP contribution in [0.1, 0.15) is 56.9 Å². The third kappa shape index (κ3) is 5.54. The normalized spacial score (nSPS) is 14.1. The van der Waals surface area contributed by atoms with Crippen molar-refractivity contribution < 1.29 is 9.21 Å². The highest BCUT2D eigenvalue weighted by Crippen LogP contribution is 2.24. The average Bonchev–Trinajstić information content (AvgIpc) is 3.28. The molecule has 0 saturated carbocycles. The molecule has 0 aliphatic carbocycles. The summed E-state index contributed by atoms with van der Waals surface area (Å²) in [5, 5.41) is 2.97. The fourth-order valence-corrected chi connectivity index (χ4v) is 3.94. The van der Waals surface area contributed by atoms with Crippen LogP contribution in [0.15, 0.2) is 59.1 Å². The molecular weight excluding hydrogens is 386 g/mol. The summed E-state index contributed by atoms with van der Waals surface area (Å²) in [6.45, 7) is 6.59. The number of carbonyl (C=O) groups excluding carboxylic acids is 1. The number of aromatic nitrogens is 1. The van der Waals surface area contributed by atoms with Gasteiger partial charge in [0.2, 0.25) is 5.91 Å². The standard InChI is InChI=1S/C26H31N3O2/c1-19(2)20-6-8-21(9-7-20)24-18-27-26(31-24)15-14-25(30)28-22-10-12-23(13-11-22)29-16-4-3-5-17-29/h6-13,18-19H,3-5,14-17H2,1-2H3,(H,28,30). The Morgan fingerprint density at radius 1 is 1.03 bits per heavy atom. The molecule has 0 unspecified atom stereocenters. The summed E-state index contributed by atoms with van der Waals surface area (Å²) < 4.78 is 5.86. The minimum Gasteiger partial charge on any atom is -0.441 e. The van der Waals surface area contributed by atoms with E-state index in [4.69, 9.17) is 4.42 Å². The Labute approximate surface area is 184 Å². The molecule has 1 saturated heterocycles. The Bertz CT molecular complexity index is 984. The smallest absolute Gasteiger partial charge is 0.224 e. The molecule has 1 N–H and O–H groups in total. The van der Waals surface area contributed by atoms with E-state index in [0.717, 1.165) is 30.1 Å². The monoisotopic (exact) mass is 417 g/mol. The topological polar surface area (TPSA) is 58.4 Å². The van der Waals surface area contributed by atoms with Gasteiger partial charge in [-0.3, -0.25) is 4.79 Å². The van der Waals surface area contributed by atoms with Crippen molar-refractivity contribution in [1.29, 1.82) is 0 Å². The molecule has 1 aromatic heterocycles. The molecule has 4 rings (SSSR count). The first-order valence-electron chi connectivity index (χ1n) is 11.3. The van der Waals surface area contributed by atoms with E-state index in [-0.39, 0.29) is 5.91 Å². The largest absolute Gasteiger partial charge is 0.441 e. The molecule has 162 valence electrons.